The molecule has 0 radical (unpaired) electrons. The van der Waals surface area contributed by atoms with E-state index in [4.69, 9.17) is 0 Å². The predicted molar refractivity (Wildman–Crippen MR) is 111 cm³/mol. The van der Waals surface area contributed by atoms with Crippen molar-refractivity contribution in [1.82, 2.24) is 0 Å². The highest BCUT2D eigenvalue weighted by Crippen LogP contribution is 2.60. The summed E-state index contributed by atoms with van der Waals surface area (Å²) in [5, 5.41) is 20.6. The van der Waals surface area contributed by atoms with E-state index in [9.17, 15) is 10.2 Å². The molecule has 2 heteroatoms. The molecule has 1 aliphatic rings. The second-order valence-electron chi connectivity index (χ2n) is 10.1. The van der Waals surface area contributed by atoms with Crippen molar-refractivity contribution in [3.63, 3.8) is 0 Å². The van der Waals surface area contributed by atoms with Crippen molar-refractivity contribution in [3.8, 4) is 5.75 Å². The van der Waals surface area contributed by atoms with Gasteiger partial charge in [-0.25, -0.2) is 0 Å². The molecule has 2 nitrogen and oxygen atoms in total. The highest BCUT2D eigenvalue weighted by molar-refractivity contribution is 5.56. The summed E-state index contributed by atoms with van der Waals surface area (Å²) in [5.74, 6) is 0.732. The first-order chi connectivity index (χ1) is 11.7. The Morgan fingerprint density at radius 2 is 1.27 bits per heavy atom. The quantitative estimate of drug-likeness (QED) is 0.607. The largest absolute Gasteiger partial charge is 0.512 e. The Hall–Kier alpha value is -1.96. The summed E-state index contributed by atoms with van der Waals surface area (Å²) in [4.78, 5) is 0. The van der Waals surface area contributed by atoms with Crippen LogP contribution >= 0.6 is 0 Å². The summed E-state index contributed by atoms with van der Waals surface area (Å²) in [7, 11) is 0. The lowest BCUT2D eigenvalue weighted by Crippen LogP contribution is -2.48. The van der Waals surface area contributed by atoms with Crippen molar-refractivity contribution in [2.75, 3.05) is 0 Å². The molecule has 0 saturated carbocycles. The molecule has 1 aromatic rings. The topological polar surface area (TPSA) is 40.5 Å². The van der Waals surface area contributed by atoms with E-state index >= 15 is 0 Å². The third-order valence-corrected chi connectivity index (χ3v) is 5.73. The van der Waals surface area contributed by atoms with E-state index in [2.05, 4.69) is 73.6 Å². The minimum absolute atomic E-state index is 0.139. The number of rotatable bonds is 2. The number of benzene rings is 1. The average molecular weight is 355 g/mol. The minimum Gasteiger partial charge on any atom is -0.512 e. The van der Waals surface area contributed by atoms with Gasteiger partial charge in [-0.05, 0) is 40.2 Å². The monoisotopic (exact) mass is 354 g/mol. The van der Waals surface area contributed by atoms with Gasteiger partial charge in [0.25, 0.3) is 0 Å². The Morgan fingerprint density at radius 3 is 1.73 bits per heavy atom. The SMILES string of the molecule is CC1(C)C=C(O)C(C(C)(C)C)(C(C)(C)C)C=C1C=Cc1ccc(O)cc1. The normalized spacial score (nSPS) is 20.0. The number of aliphatic hydroxyl groups excluding tert-OH is 1. The van der Waals surface area contributed by atoms with E-state index < -0.39 is 5.41 Å². The van der Waals surface area contributed by atoms with Crippen molar-refractivity contribution in [3.05, 3.63) is 59.4 Å². The number of aromatic hydroxyl groups is 1. The van der Waals surface area contributed by atoms with Crippen molar-refractivity contribution in [2.45, 2.75) is 55.4 Å². The fourth-order valence-corrected chi connectivity index (χ4v) is 4.39. The van der Waals surface area contributed by atoms with Gasteiger partial charge in [-0.3, -0.25) is 0 Å². The van der Waals surface area contributed by atoms with Crippen molar-refractivity contribution < 1.29 is 10.2 Å². The zero-order chi connectivity index (χ0) is 20.0. The molecular weight excluding hydrogens is 320 g/mol. The summed E-state index contributed by atoms with van der Waals surface area (Å²) in [6, 6.07) is 7.19. The number of phenols is 1. The van der Waals surface area contributed by atoms with Gasteiger partial charge in [-0.15, -0.1) is 0 Å². The summed E-state index contributed by atoms with van der Waals surface area (Å²) in [5.41, 5.74) is 1.24. The lowest BCUT2D eigenvalue weighted by atomic mass is 9.50. The van der Waals surface area contributed by atoms with Crippen LogP contribution in [0.25, 0.3) is 6.08 Å². The van der Waals surface area contributed by atoms with Crippen LogP contribution in [0.15, 0.2) is 53.8 Å². The molecule has 0 bridgehead atoms. The molecule has 142 valence electrons. The van der Waals surface area contributed by atoms with Crippen LogP contribution in [-0.2, 0) is 0 Å². The van der Waals surface area contributed by atoms with Crippen LogP contribution in [0.4, 0.5) is 0 Å². The molecule has 0 fully saturated rings. The summed E-state index contributed by atoms with van der Waals surface area (Å²) >= 11 is 0. The van der Waals surface area contributed by atoms with Crippen molar-refractivity contribution in [2.24, 2.45) is 21.7 Å². The highest BCUT2D eigenvalue weighted by Gasteiger charge is 2.54. The van der Waals surface area contributed by atoms with Gasteiger partial charge in [0.1, 0.15) is 11.5 Å². The molecular formula is C24H34O2. The number of phenolic OH excluding ortho intramolecular Hbond substituents is 1. The molecule has 0 aromatic heterocycles. The van der Waals surface area contributed by atoms with Gasteiger partial charge in [-0.2, -0.15) is 0 Å². The van der Waals surface area contributed by atoms with Gasteiger partial charge < -0.3 is 10.2 Å². The number of hydrogen-bond acceptors (Lipinski definition) is 2. The summed E-state index contributed by atoms with van der Waals surface area (Å²) < 4.78 is 0. The third-order valence-electron chi connectivity index (χ3n) is 5.73. The van der Waals surface area contributed by atoms with E-state index in [1.54, 1.807) is 12.1 Å². The van der Waals surface area contributed by atoms with E-state index in [0.29, 0.717) is 5.76 Å². The van der Waals surface area contributed by atoms with Crippen molar-refractivity contribution >= 4 is 6.08 Å². The van der Waals surface area contributed by atoms with Gasteiger partial charge in [0, 0.05) is 5.41 Å². The molecule has 2 rings (SSSR count). The summed E-state index contributed by atoms with van der Waals surface area (Å²) in [6.07, 6.45) is 8.50. The van der Waals surface area contributed by atoms with E-state index in [-0.39, 0.29) is 22.0 Å². The fraction of sp³-hybridized carbons (Fsp3) is 0.500. The predicted octanol–water partition coefficient (Wildman–Crippen LogP) is 6.89. The molecule has 0 amide bonds. The van der Waals surface area contributed by atoms with E-state index in [1.807, 2.05) is 18.2 Å². The first kappa shape index (κ1) is 20.4. The number of hydrogen-bond donors (Lipinski definition) is 2. The zero-order valence-electron chi connectivity index (χ0n) is 17.5. The van der Waals surface area contributed by atoms with Crippen LogP contribution < -0.4 is 0 Å². The Labute approximate surface area is 159 Å². The van der Waals surface area contributed by atoms with Gasteiger partial charge in [0.2, 0.25) is 0 Å². The lowest BCUT2D eigenvalue weighted by molar-refractivity contribution is 0.00899. The van der Waals surface area contributed by atoms with Crippen LogP contribution in [0.3, 0.4) is 0 Å². The second-order valence-corrected chi connectivity index (χ2v) is 10.1. The lowest BCUT2D eigenvalue weighted by Gasteiger charge is -2.54. The van der Waals surface area contributed by atoms with E-state index in [1.165, 1.54) is 5.57 Å². The smallest absolute Gasteiger partial charge is 0.115 e. The van der Waals surface area contributed by atoms with Gasteiger partial charge >= 0.3 is 0 Å². The minimum atomic E-state index is -0.454. The molecule has 0 spiro atoms. The van der Waals surface area contributed by atoms with Crippen molar-refractivity contribution in [1.29, 1.82) is 0 Å². The molecule has 1 aliphatic carbocycles. The molecule has 0 heterocycles. The Kier molecular flexibility index (Phi) is 4.96. The first-order valence-corrected chi connectivity index (χ1v) is 9.33. The van der Waals surface area contributed by atoms with Gasteiger partial charge in [0.15, 0.2) is 0 Å². The van der Waals surface area contributed by atoms with Crippen LogP contribution in [0, 0.1) is 21.7 Å². The molecule has 26 heavy (non-hydrogen) atoms. The second kappa shape index (κ2) is 6.33. The number of aliphatic hydroxyl groups is 1. The first-order valence-electron chi connectivity index (χ1n) is 9.33. The van der Waals surface area contributed by atoms with Crippen LogP contribution in [0.5, 0.6) is 5.75 Å². The highest BCUT2D eigenvalue weighted by atomic mass is 16.3. The molecule has 0 aliphatic heterocycles. The zero-order valence-corrected chi connectivity index (χ0v) is 17.5. The van der Waals surface area contributed by atoms with Gasteiger partial charge in [0.05, 0.1) is 5.41 Å². The average Bonchev–Trinajstić information content (AvgIpc) is 2.44. The maximum Gasteiger partial charge on any atom is 0.115 e. The van der Waals surface area contributed by atoms with Gasteiger partial charge in [-0.1, -0.05) is 85.8 Å². The summed E-state index contributed by atoms with van der Waals surface area (Å²) in [6.45, 7) is 17.4. The van der Waals surface area contributed by atoms with Crippen LogP contribution in [-0.4, -0.2) is 10.2 Å². The Balaban J connectivity index is 2.60. The van der Waals surface area contributed by atoms with Crippen LogP contribution in [0.1, 0.15) is 61.0 Å². The molecule has 1 aromatic carbocycles. The molecule has 0 atom stereocenters. The van der Waals surface area contributed by atoms with Crippen LogP contribution in [0.2, 0.25) is 0 Å². The maximum absolute atomic E-state index is 11.1. The standard InChI is InChI=1S/C24H34O2/c1-21(2,3)24(22(4,5)6)15-18(23(7,8)16-20(24)26)12-9-17-10-13-19(25)14-11-17/h9-16,25-26H,1-8H3. The molecule has 0 saturated heterocycles. The Morgan fingerprint density at radius 1 is 0.769 bits per heavy atom. The molecule has 0 unspecified atom stereocenters. The third kappa shape index (κ3) is 3.47. The van der Waals surface area contributed by atoms with E-state index in [0.717, 1.165) is 5.56 Å². The number of allylic oxidation sites excluding steroid dienone is 4. The molecule has 2 N–H and O–H groups in total. The Bertz CT molecular complexity index is 731. The maximum atomic E-state index is 11.1. The fourth-order valence-electron chi connectivity index (χ4n) is 4.39.